The maximum absolute atomic E-state index is 14.9. The fourth-order valence-electron chi connectivity index (χ4n) is 6.02. The Morgan fingerprint density at radius 2 is 1.74 bits per heavy atom. The minimum absolute atomic E-state index is 0.00954. The Morgan fingerprint density at radius 3 is 2.40 bits per heavy atom. The van der Waals surface area contributed by atoms with E-state index in [1.54, 1.807) is 23.1 Å². The monoisotopic (exact) mass is 589 g/mol. The number of ether oxygens (including phenoxy) is 2. The molecule has 43 heavy (non-hydrogen) atoms. The molecule has 2 atom stereocenters. The van der Waals surface area contributed by atoms with E-state index in [4.69, 9.17) is 14.6 Å². The molecule has 3 aromatic carbocycles. The molecule has 0 bridgehead atoms. The van der Waals surface area contributed by atoms with Crippen molar-refractivity contribution in [3.8, 4) is 5.75 Å². The molecule has 2 saturated heterocycles. The van der Waals surface area contributed by atoms with Gasteiger partial charge in [0.1, 0.15) is 35.6 Å². The highest BCUT2D eigenvalue weighted by atomic mass is 19.1. The van der Waals surface area contributed by atoms with Gasteiger partial charge in [-0.15, -0.1) is 0 Å². The number of aromatic carboxylic acids is 1. The molecule has 0 amide bonds. The molecule has 4 aromatic rings. The number of nitrogens with zero attached hydrogens (tertiary/aromatic N) is 5. The first-order valence-electron chi connectivity index (χ1n) is 14.3. The molecule has 2 aliphatic rings. The fourth-order valence-corrected chi connectivity index (χ4v) is 6.02. The Kier molecular flexibility index (Phi) is 7.98. The number of halogens is 2. The minimum atomic E-state index is -1.02. The van der Waals surface area contributed by atoms with Crippen LogP contribution in [-0.2, 0) is 16.9 Å². The lowest BCUT2D eigenvalue weighted by atomic mass is 9.87. The summed E-state index contributed by atoms with van der Waals surface area (Å²) in [7, 11) is 0. The number of hydrogen-bond donors (Lipinski definition) is 1. The molecule has 0 aliphatic carbocycles. The molecule has 11 heteroatoms. The summed E-state index contributed by atoms with van der Waals surface area (Å²) in [5.74, 6) is -1.44. The topological polar surface area (TPSA) is 93.0 Å². The van der Waals surface area contributed by atoms with E-state index in [0.29, 0.717) is 25.2 Å². The number of benzene rings is 3. The maximum Gasteiger partial charge on any atom is 0.335 e. The van der Waals surface area contributed by atoms with Crippen LogP contribution >= 0.6 is 0 Å². The molecule has 224 valence electrons. The van der Waals surface area contributed by atoms with E-state index in [1.807, 2.05) is 25.1 Å². The highest BCUT2D eigenvalue weighted by Crippen LogP contribution is 2.42. The molecular weight excluding hydrogens is 556 g/mol. The molecule has 2 aliphatic heterocycles. The largest absolute Gasteiger partial charge is 0.493 e. The highest BCUT2D eigenvalue weighted by molar-refractivity contribution is 5.88. The van der Waals surface area contributed by atoms with E-state index in [-0.39, 0.29) is 18.0 Å². The number of carbonyl (C=O) groups is 1. The van der Waals surface area contributed by atoms with Gasteiger partial charge in [-0.2, -0.15) is 5.10 Å². The zero-order valence-electron chi connectivity index (χ0n) is 23.8. The van der Waals surface area contributed by atoms with Crippen LogP contribution in [0.1, 0.15) is 27.9 Å². The number of piperazine rings is 1. The van der Waals surface area contributed by atoms with E-state index in [9.17, 15) is 13.6 Å². The zero-order valence-corrected chi connectivity index (χ0v) is 23.8. The first kappa shape index (κ1) is 28.6. The molecule has 1 unspecified atom stereocenters. The third kappa shape index (κ3) is 6.17. The van der Waals surface area contributed by atoms with Crippen molar-refractivity contribution in [1.29, 1.82) is 0 Å². The van der Waals surface area contributed by atoms with Crippen LogP contribution in [0, 0.1) is 24.5 Å². The third-order valence-electron chi connectivity index (χ3n) is 8.28. The number of aromatic nitrogens is 3. The van der Waals surface area contributed by atoms with Crippen molar-refractivity contribution in [2.75, 3.05) is 49.2 Å². The second-order valence-electron chi connectivity index (χ2n) is 11.2. The number of carboxylic acid groups (broad SMARTS) is 1. The van der Waals surface area contributed by atoms with Crippen LogP contribution in [0.4, 0.5) is 20.2 Å². The first-order valence-corrected chi connectivity index (χ1v) is 14.3. The van der Waals surface area contributed by atoms with E-state index in [2.05, 4.69) is 32.0 Å². The molecule has 3 heterocycles. The third-order valence-corrected chi connectivity index (χ3v) is 8.28. The van der Waals surface area contributed by atoms with E-state index >= 15 is 0 Å². The van der Waals surface area contributed by atoms with Gasteiger partial charge in [-0.25, -0.2) is 23.2 Å². The van der Waals surface area contributed by atoms with Gasteiger partial charge >= 0.3 is 5.97 Å². The Bertz CT molecular complexity index is 1580. The van der Waals surface area contributed by atoms with Crippen molar-refractivity contribution >= 4 is 17.3 Å². The smallest absolute Gasteiger partial charge is 0.335 e. The predicted molar refractivity (Wildman–Crippen MR) is 157 cm³/mol. The summed E-state index contributed by atoms with van der Waals surface area (Å²) in [4.78, 5) is 19.7. The van der Waals surface area contributed by atoms with Gasteiger partial charge in [0.05, 0.1) is 25.3 Å². The lowest BCUT2D eigenvalue weighted by Gasteiger charge is -2.37. The minimum Gasteiger partial charge on any atom is -0.493 e. The van der Waals surface area contributed by atoms with Crippen LogP contribution in [0.15, 0.2) is 73.3 Å². The van der Waals surface area contributed by atoms with Crippen molar-refractivity contribution < 1.29 is 28.2 Å². The van der Waals surface area contributed by atoms with Crippen LogP contribution in [0.3, 0.4) is 0 Å². The van der Waals surface area contributed by atoms with Crippen molar-refractivity contribution in [2.45, 2.75) is 25.5 Å². The highest BCUT2D eigenvalue weighted by Gasteiger charge is 2.44. The van der Waals surface area contributed by atoms with Crippen molar-refractivity contribution in [3.05, 3.63) is 102 Å². The first-order chi connectivity index (χ1) is 20.8. The van der Waals surface area contributed by atoms with E-state index in [0.717, 1.165) is 54.9 Å². The second kappa shape index (κ2) is 12.0. The normalized spacial score (nSPS) is 20.4. The SMILES string of the molecule is Cc1cc(N2CCN(c3ccc(C(=O)O)cc3)CC2)ccc1OCC1CO[C@@](Cn2cncn2)(c2ccc(F)cc2F)C1. The number of anilines is 2. The summed E-state index contributed by atoms with van der Waals surface area (Å²) in [5, 5.41) is 13.3. The van der Waals surface area contributed by atoms with Crippen LogP contribution in [0.5, 0.6) is 5.75 Å². The molecular formula is C32H33F2N5O4. The predicted octanol–water partition coefficient (Wildman–Crippen LogP) is 4.90. The summed E-state index contributed by atoms with van der Waals surface area (Å²) in [5.41, 5.74) is 2.72. The summed E-state index contributed by atoms with van der Waals surface area (Å²) in [6.45, 7) is 6.37. The lowest BCUT2D eigenvalue weighted by molar-refractivity contribution is -0.0206. The van der Waals surface area contributed by atoms with Crippen molar-refractivity contribution in [1.82, 2.24) is 14.8 Å². The van der Waals surface area contributed by atoms with Crippen molar-refractivity contribution in [2.24, 2.45) is 5.92 Å². The molecule has 6 rings (SSSR count). The molecule has 9 nitrogen and oxygen atoms in total. The standard InChI is InChI=1S/C32H33F2N5O4/c1-22-14-27(38-12-10-37(11-13-38)26-5-2-24(3-6-26)31(40)41)7-9-30(22)42-17-23-16-32(43-18-23,19-39-21-35-20-36-39)28-8-4-25(33)15-29(28)34/h2-9,14-15,20-21,23H,10-13,16-19H2,1H3,(H,40,41)/t23?,32-/m0/s1. The Hall–Kier alpha value is -4.51. The number of aryl methyl sites for hydroxylation is 1. The fraction of sp³-hybridized carbons (Fsp3) is 0.344. The van der Waals surface area contributed by atoms with E-state index < -0.39 is 23.2 Å². The Morgan fingerprint density at radius 1 is 1.02 bits per heavy atom. The molecule has 0 spiro atoms. The van der Waals surface area contributed by atoms with Crippen LogP contribution < -0.4 is 14.5 Å². The Balaban J connectivity index is 1.07. The average molecular weight is 590 g/mol. The van der Waals surface area contributed by atoms with Crippen molar-refractivity contribution in [3.63, 3.8) is 0 Å². The number of rotatable bonds is 9. The van der Waals surface area contributed by atoms with Crippen LogP contribution in [-0.4, -0.2) is 65.2 Å². The maximum atomic E-state index is 14.9. The van der Waals surface area contributed by atoms with Gasteiger partial charge in [-0.05, 0) is 67.4 Å². The van der Waals surface area contributed by atoms with E-state index in [1.165, 1.54) is 18.5 Å². The Labute approximate surface area is 248 Å². The van der Waals surface area contributed by atoms with Gasteiger partial charge in [0, 0.05) is 55.1 Å². The summed E-state index contributed by atoms with van der Waals surface area (Å²) in [6, 6.07) is 16.8. The summed E-state index contributed by atoms with van der Waals surface area (Å²) in [6.07, 6.45) is 3.45. The van der Waals surface area contributed by atoms with Gasteiger partial charge in [-0.1, -0.05) is 6.07 Å². The molecule has 1 aromatic heterocycles. The van der Waals surface area contributed by atoms with Gasteiger partial charge in [0.25, 0.3) is 0 Å². The van der Waals surface area contributed by atoms with Gasteiger partial charge in [-0.3, -0.25) is 0 Å². The molecule has 0 radical (unpaired) electrons. The van der Waals surface area contributed by atoms with Gasteiger partial charge in [0.15, 0.2) is 0 Å². The number of hydrogen-bond acceptors (Lipinski definition) is 7. The zero-order chi connectivity index (χ0) is 30.0. The van der Waals surface area contributed by atoms with Gasteiger partial charge in [0.2, 0.25) is 0 Å². The van der Waals surface area contributed by atoms with Crippen LogP contribution in [0.25, 0.3) is 0 Å². The molecule has 2 fully saturated rings. The second-order valence-corrected chi connectivity index (χ2v) is 11.2. The summed E-state index contributed by atoms with van der Waals surface area (Å²) >= 11 is 0. The quantitative estimate of drug-likeness (QED) is 0.295. The molecule has 0 saturated carbocycles. The van der Waals surface area contributed by atoms with Crippen LogP contribution in [0.2, 0.25) is 0 Å². The molecule has 1 N–H and O–H groups in total. The number of carboxylic acids is 1. The summed E-state index contributed by atoms with van der Waals surface area (Å²) < 4.78 is 42.7. The average Bonchev–Trinajstić information content (AvgIpc) is 3.67. The van der Waals surface area contributed by atoms with Gasteiger partial charge < -0.3 is 24.4 Å². The lowest BCUT2D eigenvalue weighted by Crippen LogP contribution is -2.46.